The van der Waals surface area contributed by atoms with E-state index >= 15 is 0 Å². The Morgan fingerprint density at radius 1 is 1.27 bits per heavy atom. The maximum atomic E-state index is 8.49. The second-order valence-electron chi connectivity index (χ2n) is 3.00. The van der Waals surface area contributed by atoms with E-state index in [9.17, 15) is 0 Å². The van der Waals surface area contributed by atoms with Crippen molar-refractivity contribution in [1.82, 2.24) is 4.90 Å². The highest BCUT2D eigenvalue weighted by Crippen LogP contribution is 2.03. The summed E-state index contributed by atoms with van der Waals surface area (Å²) in [5, 5.41) is 11.4. The molecule has 0 bridgehead atoms. The zero-order chi connectivity index (χ0) is 11.8. The third kappa shape index (κ3) is 4.17. The van der Waals surface area contributed by atoms with Crippen LogP contribution in [0.15, 0.2) is 53.9 Å². The van der Waals surface area contributed by atoms with Gasteiger partial charge in [-0.3, -0.25) is 0 Å². The molecule has 0 aliphatic heterocycles. The van der Waals surface area contributed by atoms with Gasteiger partial charge in [-0.1, -0.05) is 24.4 Å². The number of hydrogen-bond acceptors (Lipinski definition) is 3. The van der Waals surface area contributed by atoms with E-state index in [0.29, 0.717) is 5.57 Å². The van der Waals surface area contributed by atoms with Gasteiger partial charge in [0.15, 0.2) is 5.84 Å². The molecule has 0 heterocycles. The Kier molecular flexibility index (Phi) is 5.63. The molecule has 0 aliphatic rings. The van der Waals surface area contributed by atoms with E-state index in [0.717, 1.165) is 5.70 Å². The van der Waals surface area contributed by atoms with Crippen LogP contribution in [-0.4, -0.2) is 30.0 Å². The van der Waals surface area contributed by atoms with Crippen LogP contribution in [-0.2, 0) is 0 Å². The second kappa shape index (κ2) is 6.48. The summed E-state index contributed by atoms with van der Waals surface area (Å²) in [6.45, 7) is 7.24. The van der Waals surface area contributed by atoms with Crippen LogP contribution in [0.4, 0.5) is 0 Å². The lowest BCUT2D eigenvalue weighted by molar-refractivity contribution is 0.318. The molecular formula is C11H17N3O. The number of nitrogens with zero attached hydrogens (tertiary/aromatic N) is 2. The second-order valence-corrected chi connectivity index (χ2v) is 3.00. The van der Waals surface area contributed by atoms with E-state index in [-0.39, 0.29) is 5.84 Å². The summed E-state index contributed by atoms with van der Waals surface area (Å²) in [5.74, 6) is 0.0309. The molecule has 0 aromatic rings. The van der Waals surface area contributed by atoms with Crippen molar-refractivity contribution in [3.05, 3.63) is 48.7 Å². The molecule has 0 spiro atoms. The summed E-state index contributed by atoms with van der Waals surface area (Å²) in [4.78, 5) is 1.90. The van der Waals surface area contributed by atoms with Crippen LogP contribution in [0, 0.1) is 0 Å². The monoisotopic (exact) mass is 207 g/mol. The van der Waals surface area contributed by atoms with Gasteiger partial charge in [0.25, 0.3) is 0 Å². The molecule has 0 saturated carbocycles. The van der Waals surface area contributed by atoms with Gasteiger partial charge < -0.3 is 15.8 Å². The topological polar surface area (TPSA) is 61.8 Å². The Bertz CT molecular complexity index is 325. The molecule has 0 saturated heterocycles. The van der Waals surface area contributed by atoms with Gasteiger partial charge in [0.2, 0.25) is 0 Å². The zero-order valence-corrected chi connectivity index (χ0v) is 9.14. The molecule has 0 fully saturated rings. The zero-order valence-electron chi connectivity index (χ0n) is 9.14. The maximum absolute atomic E-state index is 8.49. The number of amidine groups is 1. The lowest BCUT2D eigenvalue weighted by atomic mass is 10.2. The van der Waals surface area contributed by atoms with Crippen LogP contribution in [0.25, 0.3) is 0 Å². The van der Waals surface area contributed by atoms with Crippen molar-refractivity contribution >= 4 is 5.84 Å². The quantitative estimate of drug-likeness (QED) is 0.236. The molecule has 0 unspecified atom stereocenters. The van der Waals surface area contributed by atoms with Gasteiger partial charge in [-0.2, -0.15) is 0 Å². The molecular weight excluding hydrogens is 190 g/mol. The van der Waals surface area contributed by atoms with Crippen LogP contribution in [0.3, 0.4) is 0 Å². The van der Waals surface area contributed by atoms with E-state index < -0.39 is 0 Å². The van der Waals surface area contributed by atoms with Crippen molar-refractivity contribution in [3.63, 3.8) is 0 Å². The molecule has 0 radical (unpaired) electrons. The van der Waals surface area contributed by atoms with Crippen LogP contribution >= 0.6 is 0 Å². The summed E-state index contributed by atoms with van der Waals surface area (Å²) in [5.41, 5.74) is 6.89. The summed E-state index contributed by atoms with van der Waals surface area (Å²) in [6, 6.07) is 0. The van der Waals surface area contributed by atoms with Crippen LogP contribution in [0.5, 0.6) is 0 Å². The Morgan fingerprint density at radius 2 is 1.87 bits per heavy atom. The van der Waals surface area contributed by atoms with Crippen molar-refractivity contribution < 1.29 is 5.21 Å². The Labute approximate surface area is 90.4 Å². The molecule has 0 aromatic heterocycles. The van der Waals surface area contributed by atoms with E-state index in [1.54, 1.807) is 12.2 Å². The van der Waals surface area contributed by atoms with E-state index in [2.05, 4.69) is 18.3 Å². The van der Waals surface area contributed by atoms with Crippen LogP contribution in [0.1, 0.15) is 0 Å². The van der Waals surface area contributed by atoms with Crippen LogP contribution < -0.4 is 5.73 Å². The first-order valence-electron chi connectivity index (χ1n) is 4.38. The average Bonchev–Trinajstić information content (AvgIpc) is 2.23. The average molecular weight is 207 g/mol. The SMILES string of the molecule is C=CC(=C\C=C(/C=C)N(C)C)/C(N)=N/O. The standard InChI is InChI=1S/C11H17N3O/c1-5-9(11(12)13-15)7-8-10(6-2)14(3)4/h5-8,15H,1-2H2,3-4H3,(H2,12,13)/b9-7+,10-8+. The van der Waals surface area contributed by atoms with Gasteiger partial charge in [0, 0.05) is 25.4 Å². The third-order valence-electron chi connectivity index (χ3n) is 1.78. The maximum Gasteiger partial charge on any atom is 0.170 e. The summed E-state index contributed by atoms with van der Waals surface area (Å²) < 4.78 is 0. The molecule has 82 valence electrons. The first-order valence-corrected chi connectivity index (χ1v) is 4.38. The predicted octanol–water partition coefficient (Wildman–Crippen LogP) is 1.48. The minimum Gasteiger partial charge on any atom is -0.409 e. The van der Waals surface area contributed by atoms with E-state index in [1.165, 1.54) is 6.08 Å². The normalized spacial score (nSPS) is 13.6. The highest BCUT2D eigenvalue weighted by molar-refractivity contribution is 5.99. The first kappa shape index (κ1) is 13.0. The lowest BCUT2D eigenvalue weighted by Gasteiger charge is -2.12. The number of hydrogen-bond donors (Lipinski definition) is 2. The smallest absolute Gasteiger partial charge is 0.170 e. The minimum atomic E-state index is 0.0309. The number of oxime groups is 1. The van der Waals surface area contributed by atoms with Crippen molar-refractivity contribution in [3.8, 4) is 0 Å². The van der Waals surface area contributed by atoms with Gasteiger partial charge in [0.1, 0.15) is 0 Å². The number of likely N-dealkylation sites (N-methyl/N-ethyl adjacent to an activating group) is 1. The van der Waals surface area contributed by atoms with Gasteiger partial charge in [-0.25, -0.2) is 0 Å². The molecule has 0 atom stereocenters. The van der Waals surface area contributed by atoms with Crippen molar-refractivity contribution in [1.29, 1.82) is 0 Å². The van der Waals surface area contributed by atoms with Crippen molar-refractivity contribution in [2.24, 2.45) is 10.9 Å². The Morgan fingerprint density at radius 3 is 2.20 bits per heavy atom. The fourth-order valence-electron chi connectivity index (χ4n) is 0.891. The highest BCUT2D eigenvalue weighted by atomic mass is 16.4. The van der Waals surface area contributed by atoms with Crippen molar-refractivity contribution in [2.75, 3.05) is 14.1 Å². The third-order valence-corrected chi connectivity index (χ3v) is 1.78. The number of nitrogens with two attached hydrogens (primary N) is 1. The lowest BCUT2D eigenvalue weighted by Crippen LogP contribution is -2.13. The predicted molar refractivity (Wildman–Crippen MR) is 63.7 cm³/mol. The van der Waals surface area contributed by atoms with Crippen molar-refractivity contribution in [2.45, 2.75) is 0 Å². The molecule has 0 rings (SSSR count). The minimum absolute atomic E-state index is 0.0309. The molecule has 3 N–H and O–H groups in total. The Hall–Kier alpha value is -1.97. The van der Waals surface area contributed by atoms with Crippen LogP contribution in [0.2, 0.25) is 0 Å². The Balaban J connectivity index is 5.02. The van der Waals surface area contributed by atoms with Gasteiger partial charge in [-0.15, -0.1) is 0 Å². The van der Waals surface area contributed by atoms with E-state index in [4.69, 9.17) is 10.9 Å². The fourth-order valence-corrected chi connectivity index (χ4v) is 0.891. The fraction of sp³-hybridized carbons (Fsp3) is 0.182. The first-order chi connectivity index (χ1) is 7.06. The van der Waals surface area contributed by atoms with Gasteiger partial charge in [-0.05, 0) is 18.2 Å². The van der Waals surface area contributed by atoms with E-state index in [1.807, 2.05) is 25.1 Å². The number of allylic oxidation sites excluding steroid dienone is 3. The molecule has 4 heteroatoms. The van der Waals surface area contributed by atoms with Gasteiger partial charge >= 0.3 is 0 Å². The van der Waals surface area contributed by atoms with Gasteiger partial charge in [0.05, 0.1) is 0 Å². The number of rotatable bonds is 5. The molecule has 4 nitrogen and oxygen atoms in total. The molecule has 0 amide bonds. The summed E-state index contributed by atoms with van der Waals surface area (Å²) in [7, 11) is 3.80. The highest BCUT2D eigenvalue weighted by Gasteiger charge is 1.97. The molecule has 15 heavy (non-hydrogen) atoms. The molecule has 0 aliphatic carbocycles. The summed E-state index contributed by atoms with van der Waals surface area (Å²) >= 11 is 0. The molecule has 0 aromatic carbocycles. The summed E-state index contributed by atoms with van der Waals surface area (Å²) in [6.07, 6.45) is 6.74. The largest absolute Gasteiger partial charge is 0.409 e.